The van der Waals surface area contributed by atoms with E-state index in [1.807, 2.05) is 0 Å². The summed E-state index contributed by atoms with van der Waals surface area (Å²) in [5.41, 5.74) is 2.72. The molecule has 1 fully saturated rings. The fourth-order valence-electron chi connectivity index (χ4n) is 3.10. The summed E-state index contributed by atoms with van der Waals surface area (Å²) in [7, 11) is 0. The van der Waals surface area contributed by atoms with Crippen LogP contribution < -0.4 is 10.1 Å². The second kappa shape index (κ2) is 5.64. The molecule has 0 atom stereocenters. The predicted molar refractivity (Wildman–Crippen MR) is 75.3 cm³/mol. The lowest BCUT2D eigenvalue weighted by Crippen LogP contribution is -2.16. The highest BCUT2D eigenvalue weighted by Gasteiger charge is 2.14. The number of benzene rings is 1. The molecular formula is C16H23NO. The third kappa shape index (κ3) is 2.80. The molecular weight excluding hydrogens is 222 g/mol. The molecule has 1 heterocycles. The molecule has 3 rings (SSSR count). The first-order chi connectivity index (χ1) is 8.92. The van der Waals surface area contributed by atoms with Gasteiger partial charge in [0, 0.05) is 18.3 Å². The van der Waals surface area contributed by atoms with E-state index in [2.05, 4.69) is 23.5 Å². The zero-order chi connectivity index (χ0) is 12.2. The lowest BCUT2D eigenvalue weighted by molar-refractivity contribution is 0.209. The van der Waals surface area contributed by atoms with Crippen LogP contribution in [0.3, 0.4) is 0 Å². The summed E-state index contributed by atoms with van der Waals surface area (Å²) in [4.78, 5) is 0. The smallest absolute Gasteiger partial charge is 0.121 e. The van der Waals surface area contributed by atoms with Crippen molar-refractivity contribution >= 4 is 5.69 Å². The first-order valence-electron chi connectivity index (χ1n) is 7.41. The number of ether oxygens (including phenoxy) is 1. The van der Waals surface area contributed by atoms with Crippen LogP contribution in [0.4, 0.5) is 5.69 Å². The number of aryl methyl sites for hydroxylation is 1. The van der Waals surface area contributed by atoms with Gasteiger partial charge < -0.3 is 10.1 Å². The number of fused-ring (bicyclic) bond motifs is 1. The highest BCUT2D eigenvalue weighted by molar-refractivity contribution is 5.56. The molecule has 1 aliphatic carbocycles. The van der Waals surface area contributed by atoms with Crippen molar-refractivity contribution in [3.63, 3.8) is 0 Å². The Hall–Kier alpha value is -1.18. The van der Waals surface area contributed by atoms with Gasteiger partial charge in [-0.15, -0.1) is 0 Å². The topological polar surface area (TPSA) is 21.3 Å². The van der Waals surface area contributed by atoms with Gasteiger partial charge in [0.2, 0.25) is 0 Å². The maximum atomic E-state index is 5.97. The van der Waals surface area contributed by atoms with E-state index < -0.39 is 0 Å². The number of nitrogens with one attached hydrogen (secondary N) is 1. The van der Waals surface area contributed by atoms with E-state index in [1.54, 1.807) is 0 Å². The summed E-state index contributed by atoms with van der Waals surface area (Å²) < 4.78 is 5.97. The molecule has 1 aromatic carbocycles. The average Bonchev–Trinajstić information content (AvgIpc) is 2.46. The highest BCUT2D eigenvalue weighted by Crippen LogP contribution is 2.28. The molecule has 98 valence electrons. The van der Waals surface area contributed by atoms with Gasteiger partial charge in [0.1, 0.15) is 5.75 Å². The number of hydrogen-bond donors (Lipinski definition) is 1. The van der Waals surface area contributed by atoms with Gasteiger partial charge >= 0.3 is 0 Å². The van der Waals surface area contributed by atoms with Crippen LogP contribution in [0.1, 0.15) is 44.1 Å². The molecule has 0 unspecified atom stereocenters. The lowest BCUT2D eigenvalue weighted by atomic mass is 9.90. The Balaban J connectivity index is 1.58. The third-order valence-corrected chi connectivity index (χ3v) is 4.23. The van der Waals surface area contributed by atoms with Crippen LogP contribution in [0, 0.1) is 5.92 Å². The van der Waals surface area contributed by atoms with Crippen LogP contribution in [0.25, 0.3) is 0 Å². The molecule has 1 saturated carbocycles. The Kier molecular flexibility index (Phi) is 3.72. The molecule has 1 aromatic rings. The first kappa shape index (κ1) is 11.9. The average molecular weight is 245 g/mol. The second-order valence-corrected chi connectivity index (χ2v) is 5.66. The largest absolute Gasteiger partial charge is 0.493 e. The molecule has 18 heavy (non-hydrogen) atoms. The van der Waals surface area contributed by atoms with Crippen LogP contribution in [-0.4, -0.2) is 13.2 Å². The van der Waals surface area contributed by atoms with Crippen molar-refractivity contribution in [1.82, 2.24) is 0 Å². The first-order valence-corrected chi connectivity index (χ1v) is 7.41. The Labute approximate surface area is 110 Å². The minimum Gasteiger partial charge on any atom is -0.493 e. The maximum Gasteiger partial charge on any atom is 0.121 e. The van der Waals surface area contributed by atoms with Gasteiger partial charge in [0.25, 0.3) is 0 Å². The normalized spacial score (nSPS) is 20.0. The summed E-state index contributed by atoms with van der Waals surface area (Å²) in [6.45, 7) is 2.00. The second-order valence-electron chi connectivity index (χ2n) is 5.66. The Bertz CT molecular complexity index is 396. The van der Waals surface area contributed by atoms with Crippen LogP contribution in [-0.2, 0) is 6.42 Å². The Morgan fingerprint density at radius 3 is 2.89 bits per heavy atom. The van der Waals surface area contributed by atoms with Gasteiger partial charge in [-0.25, -0.2) is 0 Å². The van der Waals surface area contributed by atoms with Crippen molar-refractivity contribution in [2.45, 2.75) is 44.9 Å². The van der Waals surface area contributed by atoms with Gasteiger partial charge in [-0.1, -0.05) is 25.3 Å². The van der Waals surface area contributed by atoms with Crippen LogP contribution in [0.5, 0.6) is 5.75 Å². The molecule has 1 aliphatic heterocycles. The number of hydrogen-bond acceptors (Lipinski definition) is 2. The van der Waals surface area contributed by atoms with Crippen molar-refractivity contribution in [2.24, 2.45) is 5.92 Å². The molecule has 2 heteroatoms. The summed E-state index contributed by atoms with van der Waals surface area (Å²) in [5.74, 6) is 1.82. The monoisotopic (exact) mass is 245 g/mol. The fourth-order valence-corrected chi connectivity index (χ4v) is 3.10. The van der Waals surface area contributed by atoms with E-state index in [1.165, 1.54) is 56.2 Å². The molecule has 2 nitrogen and oxygen atoms in total. The number of anilines is 1. The minimum absolute atomic E-state index is 0.780. The fraction of sp³-hybridized carbons (Fsp3) is 0.625. The molecule has 0 saturated heterocycles. The van der Waals surface area contributed by atoms with Gasteiger partial charge in [-0.2, -0.15) is 0 Å². The highest BCUT2D eigenvalue weighted by atomic mass is 16.5. The summed E-state index contributed by atoms with van der Waals surface area (Å²) in [5, 5.41) is 3.46. The van der Waals surface area contributed by atoms with Crippen LogP contribution in [0.2, 0.25) is 0 Å². The molecule has 0 bridgehead atoms. The summed E-state index contributed by atoms with van der Waals surface area (Å²) in [6.07, 6.45) is 9.34. The van der Waals surface area contributed by atoms with E-state index >= 15 is 0 Å². The Morgan fingerprint density at radius 2 is 2.00 bits per heavy atom. The van der Waals surface area contributed by atoms with E-state index in [4.69, 9.17) is 4.74 Å². The third-order valence-electron chi connectivity index (χ3n) is 4.23. The lowest BCUT2D eigenvalue weighted by Gasteiger charge is -2.23. The zero-order valence-electron chi connectivity index (χ0n) is 11.1. The zero-order valence-corrected chi connectivity index (χ0v) is 11.1. The molecule has 0 amide bonds. The number of rotatable bonds is 3. The van der Waals surface area contributed by atoms with Crippen LogP contribution >= 0.6 is 0 Å². The summed E-state index contributed by atoms with van der Waals surface area (Å²) in [6, 6.07) is 6.53. The van der Waals surface area contributed by atoms with Crippen LogP contribution in [0.15, 0.2) is 18.2 Å². The van der Waals surface area contributed by atoms with Gasteiger partial charge in [-0.05, 0) is 43.2 Å². The van der Waals surface area contributed by atoms with E-state index in [0.29, 0.717) is 0 Å². The summed E-state index contributed by atoms with van der Waals surface area (Å²) >= 11 is 0. The quantitative estimate of drug-likeness (QED) is 0.869. The van der Waals surface area contributed by atoms with Crippen molar-refractivity contribution in [3.8, 4) is 5.75 Å². The standard InChI is InChI=1S/C16H23NO/c1-2-5-13(6-3-1)12-18-15-9-8-14-7-4-10-17-16(14)11-15/h8-9,11,13,17H,1-7,10,12H2. The van der Waals surface area contributed by atoms with Gasteiger partial charge in [0.15, 0.2) is 0 Å². The van der Waals surface area contributed by atoms with Crippen molar-refractivity contribution < 1.29 is 4.74 Å². The van der Waals surface area contributed by atoms with Crippen molar-refractivity contribution in [1.29, 1.82) is 0 Å². The molecule has 0 radical (unpaired) electrons. The molecule has 2 aliphatic rings. The molecule has 0 spiro atoms. The predicted octanol–water partition coefficient (Wildman–Crippen LogP) is 4.00. The van der Waals surface area contributed by atoms with E-state index in [9.17, 15) is 0 Å². The molecule has 1 N–H and O–H groups in total. The molecule has 0 aromatic heterocycles. The van der Waals surface area contributed by atoms with Crippen molar-refractivity contribution in [2.75, 3.05) is 18.5 Å². The van der Waals surface area contributed by atoms with Gasteiger partial charge in [-0.3, -0.25) is 0 Å². The minimum atomic E-state index is 0.780. The SMILES string of the molecule is c1cc2c(cc1OCC1CCCCC1)NCCC2. The maximum absolute atomic E-state index is 5.97. The van der Waals surface area contributed by atoms with E-state index in [0.717, 1.165) is 24.8 Å². The Morgan fingerprint density at radius 1 is 1.11 bits per heavy atom. The van der Waals surface area contributed by atoms with E-state index in [-0.39, 0.29) is 0 Å². The van der Waals surface area contributed by atoms with Crippen molar-refractivity contribution in [3.05, 3.63) is 23.8 Å². The van der Waals surface area contributed by atoms with Gasteiger partial charge in [0.05, 0.1) is 6.61 Å².